The number of rotatable bonds is 7. The molecule has 0 heterocycles. The van der Waals surface area contributed by atoms with Crippen LogP contribution in [-0.4, -0.2) is 11.7 Å². The summed E-state index contributed by atoms with van der Waals surface area (Å²) in [6.45, 7) is 0.205. The van der Waals surface area contributed by atoms with Crippen LogP contribution in [0.15, 0.2) is 72.8 Å². The van der Waals surface area contributed by atoms with Crippen molar-refractivity contribution in [3.8, 4) is 0 Å². The van der Waals surface area contributed by atoms with Crippen molar-refractivity contribution >= 4 is 0 Å². The Kier molecular flexibility index (Phi) is 6.07. The molecule has 0 radical (unpaired) electrons. The second-order valence-electron chi connectivity index (χ2n) is 5.08. The molecule has 1 N–H and O–H groups in total. The van der Waals surface area contributed by atoms with Crippen molar-refractivity contribution in [3.05, 3.63) is 83.9 Å². The summed E-state index contributed by atoms with van der Waals surface area (Å²) in [5.74, 6) is 0.216. The van der Waals surface area contributed by atoms with Gasteiger partial charge in [-0.1, -0.05) is 72.8 Å². The maximum absolute atomic E-state index is 9.45. The van der Waals surface area contributed by atoms with Crippen LogP contribution in [0.5, 0.6) is 0 Å². The zero-order chi connectivity index (χ0) is 14.0. The highest BCUT2D eigenvalue weighted by Gasteiger charge is 2.03. The van der Waals surface area contributed by atoms with E-state index in [2.05, 4.69) is 48.6 Å². The number of hydrogen-bond donors (Lipinski definition) is 1. The first kappa shape index (κ1) is 14.5. The van der Waals surface area contributed by atoms with Gasteiger partial charge in [-0.25, -0.2) is 0 Å². The summed E-state index contributed by atoms with van der Waals surface area (Å²) in [7, 11) is 0. The van der Waals surface area contributed by atoms with Crippen LogP contribution in [0.4, 0.5) is 0 Å². The van der Waals surface area contributed by atoms with E-state index in [9.17, 15) is 5.11 Å². The molecule has 104 valence electrons. The minimum absolute atomic E-state index is 0.205. The molecule has 1 unspecified atom stereocenters. The minimum atomic E-state index is 0.205. The highest BCUT2D eigenvalue weighted by atomic mass is 16.3. The molecule has 0 amide bonds. The number of aliphatic hydroxyl groups excluding tert-OH is 1. The lowest BCUT2D eigenvalue weighted by atomic mass is 9.99. The van der Waals surface area contributed by atoms with Crippen molar-refractivity contribution in [1.82, 2.24) is 0 Å². The first-order valence-electron chi connectivity index (χ1n) is 7.24. The van der Waals surface area contributed by atoms with Gasteiger partial charge in [0.2, 0.25) is 0 Å². The zero-order valence-corrected chi connectivity index (χ0v) is 11.8. The van der Waals surface area contributed by atoms with E-state index in [1.54, 1.807) is 0 Å². The second kappa shape index (κ2) is 8.34. The van der Waals surface area contributed by atoms with Gasteiger partial charge in [0.15, 0.2) is 0 Å². The minimum Gasteiger partial charge on any atom is -0.396 e. The summed E-state index contributed by atoms with van der Waals surface area (Å²) >= 11 is 0. The molecule has 1 heteroatoms. The first-order valence-corrected chi connectivity index (χ1v) is 7.24. The average Bonchev–Trinajstić information content (AvgIpc) is 2.52. The number of aliphatic hydroxyl groups is 1. The third-order valence-corrected chi connectivity index (χ3v) is 3.43. The SMILES string of the molecule is OCC(/C=C\CCc1ccccc1)Cc1ccccc1. The predicted octanol–water partition coefficient (Wildman–Crippen LogP) is 4.03. The maximum Gasteiger partial charge on any atom is 0.0496 e. The van der Waals surface area contributed by atoms with E-state index in [1.165, 1.54) is 11.1 Å². The Morgan fingerprint density at radius 1 is 0.850 bits per heavy atom. The van der Waals surface area contributed by atoms with Crippen LogP contribution in [0.2, 0.25) is 0 Å². The van der Waals surface area contributed by atoms with Gasteiger partial charge in [0.05, 0.1) is 0 Å². The summed E-state index contributed by atoms with van der Waals surface area (Å²) in [5.41, 5.74) is 2.64. The first-order chi connectivity index (χ1) is 9.88. The van der Waals surface area contributed by atoms with Gasteiger partial charge in [-0.15, -0.1) is 0 Å². The summed E-state index contributed by atoms with van der Waals surface area (Å²) in [5, 5.41) is 9.45. The van der Waals surface area contributed by atoms with E-state index in [-0.39, 0.29) is 12.5 Å². The number of allylic oxidation sites excluding steroid dienone is 1. The molecule has 0 saturated heterocycles. The fourth-order valence-electron chi connectivity index (χ4n) is 2.29. The van der Waals surface area contributed by atoms with Crippen LogP contribution < -0.4 is 0 Å². The van der Waals surface area contributed by atoms with Crippen molar-refractivity contribution in [2.45, 2.75) is 19.3 Å². The van der Waals surface area contributed by atoms with Gasteiger partial charge in [0.25, 0.3) is 0 Å². The summed E-state index contributed by atoms with van der Waals surface area (Å²) in [4.78, 5) is 0. The molecular weight excluding hydrogens is 244 g/mol. The van der Waals surface area contributed by atoms with Crippen molar-refractivity contribution in [2.75, 3.05) is 6.61 Å². The Labute approximate surface area is 121 Å². The van der Waals surface area contributed by atoms with E-state index >= 15 is 0 Å². The van der Waals surface area contributed by atoms with Crippen molar-refractivity contribution in [2.24, 2.45) is 5.92 Å². The Morgan fingerprint density at radius 3 is 2.05 bits per heavy atom. The molecule has 0 aromatic heterocycles. The Morgan fingerprint density at radius 2 is 1.45 bits per heavy atom. The van der Waals surface area contributed by atoms with E-state index < -0.39 is 0 Å². The Balaban J connectivity index is 1.79. The number of benzene rings is 2. The topological polar surface area (TPSA) is 20.2 Å². The molecule has 20 heavy (non-hydrogen) atoms. The summed E-state index contributed by atoms with van der Waals surface area (Å²) in [6, 6.07) is 20.8. The smallest absolute Gasteiger partial charge is 0.0496 e. The molecule has 0 bridgehead atoms. The van der Waals surface area contributed by atoms with Gasteiger partial charge in [-0.2, -0.15) is 0 Å². The van der Waals surface area contributed by atoms with Crippen molar-refractivity contribution in [1.29, 1.82) is 0 Å². The fraction of sp³-hybridized carbons (Fsp3) is 0.263. The van der Waals surface area contributed by atoms with E-state index in [0.29, 0.717) is 0 Å². The third kappa shape index (κ3) is 5.02. The van der Waals surface area contributed by atoms with Gasteiger partial charge in [-0.05, 0) is 30.4 Å². The molecule has 0 spiro atoms. The maximum atomic E-state index is 9.45. The van der Waals surface area contributed by atoms with Crippen LogP contribution in [-0.2, 0) is 12.8 Å². The van der Waals surface area contributed by atoms with E-state index in [4.69, 9.17) is 0 Å². The van der Waals surface area contributed by atoms with Gasteiger partial charge in [0, 0.05) is 12.5 Å². The van der Waals surface area contributed by atoms with Crippen LogP contribution in [0.3, 0.4) is 0 Å². The Hall–Kier alpha value is -1.86. The van der Waals surface area contributed by atoms with Gasteiger partial charge >= 0.3 is 0 Å². The molecule has 0 aliphatic carbocycles. The summed E-state index contributed by atoms with van der Waals surface area (Å²) in [6.07, 6.45) is 7.32. The van der Waals surface area contributed by atoms with Crippen molar-refractivity contribution < 1.29 is 5.11 Å². The molecule has 0 aliphatic rings. The lowest BCUT2D eigenvalue weighted by molar-refractivity contribution is 0.252. The lowest BCUT2D eigenvalue weighted by Gasteiger charge is -2.09. The fourth-order valence-corrected chi connectivity index (χ4v) is 2.29. The predicted molar refractivity (Wildman–Crippen MR) is 84.6 cm³/mol. The monoisotopic (exact) mass is 266 g/mol. The number of hydrogen-bond acceptors (Lipinski definition) is 1. The summed E-state index contributed by atoms with van der Waals surface area (Å²) < 4.78 is 0. The van der Waals surface area contributed by atoms with Gasteiger partial charge in [0.1, 0.15) is 0 Å². The normalized spacial score (nSPS) is 12.7. The quantitative estimate of drug-likeness (QED) is 0.750. The molecule has 0 fully saturated rings. The van der Waals surface area contributed by atoms with Crippen LogP contribution in [0.25, 0.3) is 0 Å². The Bertz CT molecular complexity index is 502. The van der Waals surface area contributed by atoms with Crippen LogP contribution >= 0.6 is 0 Å². The lowest BCUT2D eigenvalue weighted by Crippen LogP contribution is -2.06. The number of aryl methyl sites for hydroxylation is 1. The molecule has 1 nitrogen and oxygen atoms in total. The third-order valence-electron chi connectivity index (χ3n) is 3.43. The molecule has 2 aromatic carbocycles. The second-order valence-corrected chi connectivity index (χ2v) is 5.08. The largest absolute Gasteiger partial charge is 0.396 e. The molecule has 0 saturated carbocycles. The van der Waals surface area contributed by atoms with E-state index in [0.717, 1.165) is 19.3 Å². The highest BCUT2D eigenvalue weighted by molar-refractivity contribution is 5.17. The van der Waals surface area contributed by atoms with E-state index in [1.807, 2.05) is 24.3 Å². The molecule has 2 aromatic rings. The van der Waals surface area contributed by atoms with Gasteiger partial charge < -0.3 is 5.11 Å². The molecular formula is C19H22O. The highest BCUT2D eigenvalue weighted by Crippen LogP contribution is 2.11. The molecule has 1 atom stereocenters. The molecule has 2 rings (SSSR count). The average molecular weight is 266 g/mol. The molecule has 0 aliphatic heterocycles. The zero-order valence-electron chi connectivity index (χ0n) is 11.8. The van der Waals surface area contributed by atoms with Crippen LogP contribution in [0.1, 0.15) is 17.5 Å². The van der Waals surface area contributed by atoms with Crippen molar-refractivity contribution in [3.63, 3.8) is 0 Å². The van der Waals surface area contributed by atoms with Crippen LogP contribution in [0, 0.1) is 5.92 Å². The standard InChI is InChI=1S/C19H22O/c20-16-19(15-18-12-5-2-6-13-18)14-8-7-11-17-9-3-1-4-10-17/h1-6,8-10,12-14,19-20H,7,11,15-16H2/b14-8-. The van der Waals surface area contributed by atoms with Gasteiger partial charge in [-0.3, -0.25) is 0 Å².